The van der Waals surface area contributed by atoms with Crippen LogP contribution in [0.1, 0.15) is 73.4 Å². The zero-order chi connectivity index (χ0) is 18.0. The second-order valence-electron chi connectivity index (χ2n) is 8.59. The molecule has 0 fully saturated rings. The molecular weight excluding hydrogens is 360 g/mol. The van der Waals surface area contributed by atoms with Gasteiger partial charge in [-0.3, -0.25) is 0 Å². The van der Waals surface area contributed by atoms with Crippen molar-refractivity contribution >= 4 is 24.0 Å². The van der Waals surface area contributed by atoms with E-state index in [1.54, 1.807) is 0 Å². The minimum absolute atomic E-state index is 0.167. The summed E-state index contributed by atoms with van der Waals surface area (Å²) in [7, 11) is -1.67. The second kappa shape index (κ2) is 7.58. The van der Waals surface area contributed by atoms with E-state index in [2.05, 4.69) is 108 Å². The highest BCUT2D eigenvalue weighted by molar-refractivity contribution is 9.10. The second-order valence-corrected chi connectivity index (χ2v) is 15.0. The monoisotopic (exact) mass is 392 g/mol. The summed E-state index contributed by atoms with van der Waals surface area (Å²) < 4.78 is 1.12. The fourth-order valence-electron chi connectivity index (χ4n) is 3.69. The summed E-state index contributed by atoms with van der Waals surface area (Å²) in [5.41, 5.74) is 8.45. The minimum atomic E-state index is -1.67. The Morgan fingerprint density at radius 3 is 1.74 bits per heavy atom. The molecule has 0 aliphatic rings. The molecular formula is C21H33BrSi. The predicted molar refractivity (Wildman–Crippen MR) is 111 cm³/mol. The molecule has 0 aliphatic heterocycles. The highest BCUT2D eigenvalue weighted by Crippen LogP contribution is 2.41. The Balaban J connectivity index is 3.34. The van der Waals surface area contributed by atoms with Crippen molar-refractivity contribution in [1.82, 2.24) is 0 Å². The lowest BCUT2D eigenvalue weighted by Crippen LogP contribution is -2.43. The van der Waals surface area contributed by atoms with Gasteiger partial charge in [0.25, 0.3) is 0 Å². The SMILES string of the molecule is CC(C)[Si](C#Cc1ccc(C(C)(C)C)cc1Br)(C(C)C)C(C)C. The van der Waals surface area contributed by atoms with Gasteiger partial charge in [0.15, 0.2) is 0 Å². The molecule has 0 saturated heterocycles. The van der Waals surface area contributed by atoms with Crippen molar-refractivity contribution in [2.45, 2.75) is 84.4 Å². The molecule has 0 N–H and O–H groups in total. The smallest absolute Gasteiger partial charge is 0.125 e. The molecule has 0 bridgehead atoms. The topological polar surface area (TPSA) is 0 Å². The van der Waals surface area contributed by atoms with Crippen molar-refractivity contribution in [3.8, 4) is 11.5 Å². The largest absolute Gasteiger partial charge is 0.146 e. The van der Waals surface area contributed by atoms with Crippen molar-refractivity contribution < 1.29 is 0 Å². The fourth-order valence-corrected chi connectivity index (χ4v) is 9.39. The first-order chi connectivity index (χ1) is 10.4. The molecule has 0 unspecified atom stereocenters. The molecule has 1 rings (SSSR count). The Hall–Kier alpha value is -0.523. The highest BCUT2D eigenvalue weighted by Gasteiger charge is 2.41. The van der Waals surface area contributed by atoms with Gasteiger partial charge in [-0.1, -0.05) is 74.3 Å². The first-order valence-electron chi connectivity index (χ1n) is 8.76. The van der Waals surface area contributed by atoms with Gasteiger partial charge in [-0.2, -0.15) is 0 Å². The lowest BCUT2D eigenvalue weighted by atomic mass is 9.87. The van der Waals surface area contributed by atoms with E-state index >= 15 is 0 Å². The van der Waals surface area contributed by atoms with E-state index < -0.39 is 8.07 Å². The fraction of sp³-hybridized carbons (Fsp3) is 0.619. The molecule has 0 atom stereocenters. The van der Waals surface area contributed by atoms with E-state index in [-0.39, 0.29) is 5.41 Å². The van der Waals surface area contributed by atoms with Crippen LogP contribution in [0.25, 0.3) is 0 Å². The molecule has 0 saturated carbocycles. The Kier molecular flexibility index (Phi) is 6.76. The molecule has 128 valence electrons. The van der Waals surface area contributed by atoms with Gasteiger partial charge in [-0.05, 0) is 55.7 Å². The van der Waals surface area contributed by atoms with E-state index in [1.807, 2.05) is 0 Å². The number of benzene rings is 1. The summed E-state index contributed by atoms with van der Waals surface area (Å²) in [4.78, 5) is 0. The Morgan fingerprint density at radius 2 is 1.39 bits per heavy atom. The summed E-state index contributed by atoms with van der Waals surface area (Å²) in [6, 6.07) is 6.63. The molecule has 0 spiro atoms. The summed E-state index contributed by atoms with van der Waals surface area (Å²) in [6.45, 7) is 20.9. The van der Waals surface area contributed by atoms with Crippen LogP contribution in [0.2, 0.25) is 16.6 Å². The zero-order valence-electron chi connectivity index (χ0n) is 16.3. The number of rotatable bonds is 3. The van der Waals surface area contributed by atoms with Gasteiger partial charge in [0.1, 0.15) is 8.07 Å². The number of hydrogen-bond acceptors (Lipinski definition) is 0. The molecule has 0 nitrogen and oxygen atoms in total. The number of halogens is 1. The average Bonchev–Trinajstić information content (AvgIpc) is 2.38. The number of hydrogen-bond donors (Lipinski definition) is 0. The first-order valence-corrected chi connectivity index (χ1v) is 11.8. The Labute approximate surface area is 153 Å². The van der Waals surface area contributed by atoms with E-state index in [0.29, 0.717) is 16.6 Å². The molecule has 2 heteroatoms. The summed E-state index contributed by atoms with van der Waals surface area (Å²) in [6.07, 6.45) is 0. The van der Waals surface area contributed by atoms with Crippen molar-refractivity contribution in [3.63, 3.8) is 0 Å². The summed E-state index contributed by atoms with van der Waals surface area (Å²) >= 11 is 3.73. The van der Waals surface area contributed by atoms with Gasteiger partial charge in [0.2, 0.25) is 0 Å². The van der Waals surface area contributed by atoms with Crippen LogP contribution < -0.4 is 0 Å². The maximum Gasteiger partial charge on any atom is 0.146 e. The average molecular weight is 393 g/mol. The van der Waals surface area contributed by atoms with Gasteiger partial charge in [0, 0.05) is 10.0 Å². The maximum absolute atomic E-state index is 3.81. The van der Waals surface area contributed by atoms with Crippen LogP contribution in [0.15, 0.2) is 22.7 Å². The van der Waals surface area contributed by atoms with Crippen molar-refractivity contribution in [2.75, 3.05) is 0 Å². The molecule has 0 radical (unpaired) electrons. The van der Waals surface area contributed by atoms with Crippen LogP contribution in [0, 0.1) is 11.5 Å². The van der Waals surface area contributed by atoms with Gasteiger partial charge < -0.3 is 0 Å². The van der Waals surface area contributed by atoms with E-state index in [4.69, 9.17) is 0 Å². The molecule has 0 amide bonds. The van der Waals surface area contributed by atoms with Gasteiger partial charge in [-0.15, -0.1) is 5.54 Å². The van der Waals surface area contributed by atoms with Crippen LogP contribution in [0.4, 0.5) is 0 Å². The predicted octanol–water partition coefficient (Wildman–Crippen LogP) is 7.32. The van der Waals surface area contributed by atoms with Crippen LogP contribution in [-0.4, -0.2) is 8.07 Å². The van der Waals surface area contributed by atoms with Gasteiger partial charge >= 0.3 is 0 Å². The van der Waals surface area contributed by atoms with Crippen LogP contribution in [-0.2, 0) is 5.41 Å². The van der Waals surface area contributed by atoms with Crippen molar-refractivity contribution in [3.05, 3.63) is 33.8 Å². The molecule has 23 heavy (non-hydrogen) atoms. The molecule has 0 heterocycles. The van der Waals surface area contributed by atoms with Crippen LogP contribution >= 0.6 is 15.9 Å². The highest BCUT2D eigenvalue weighted by atomic mass is 79.9. The summed E-state index contributed by atoms with van der Waals surface area (Å²) in [5.74, 6) is 3.54. The van der Waals surface area contributed by atoms with Gasteiger partial charge in [0.05, 0.1) is 0 Å². The normalized spacial score (nSPS) is 12.7. The van der Waals surface area contributed by atoms with Crippen molar-refractivity contribution in [2.24, 2.45) is 0 Å². The maximum atomic E-state index is 3.81. The lowest BCUT2D eigenvalue weighted by Gasteiger charge is -2.38. The standard InChI is InChI=1S/C21H33BrSi/c1-15(2)23(16(3)4,17(5)6)13-12-18-10-11-19(14-20(18)22)21(7,8)9/h10-11,14-17H,1-9H3. The van der Waals surface area contributed by atoms with Crippen LogP contribution in [0.5, 0.6) is 0 Å². The van der Waals surface area contributed by atoms with E-state index in [1.165, 1.54) is 5.56 Å². The Bertz CT molecular complexity index is 573. The molecule has 1 aromatic rings. The third kappa shape index (κ3) is 4.52. The van der Waals surface area contributed by atoms with E-state index in [0.717, 1.165) is 10.0 Å². The van der Waals surface area contributed by atoms with Gasteiger partial charge in [-0.25, -0.2) is 0 Å². The minimum Gasteiger partial charge on any atom is -0.125 e. The zero-order valence-corrected chi connectivity index (χ0v) is 18.9. The van der Waals surface area contributed by atoms with Crippen LogP contribution in [0.3, 0.4) is 0 Å². The van der Waals surface area contributed by atoms with Crippen molar-refractivity contribution in [1.29, 1.82) is 0 Å². The Morgan fingerprint density at radius 1 is 0.913 bits per heavy atom. The molecule has 0 aliphatic carbocycles. The molecule has 1 aromatic carbocycles. The molecule has 0 aromatic heterocycles. The van der Waals surface area contributed by atoms with E-state index in [9.17, 15) is 0 Å². The first kappa shape index (κ1) is 20.5. The lowest BCUT2D eigenvalue weighted by molar-refractivity contribution is 0.590. The quantitative estimate of drug-likeness (QED) is 0.373. The third-order valence-electron chi connectivity index (χ3n) is 5.11. The third-order valence-corrected chi connectivity index (χ3v) is 12.1. The summed E-state index contributed by atoms with van der Waals surface area (Å²) in [5, 5.41) is 0.